The minimum atomic E-state index is -4.36. The molecule has 1 aliphatic heterocycles. The molecule has 2 rings (SSSR count). The first-order valence-corrected chi connectivity index (χ1v) is 5.80. The van der Waals surface area contributed by atoms with E-state index in [1.165, 1.54) is 6.07 Å². The van der Waals surface area contributed by atoms with Gasteiger partial charge in [-0.25, -0.2) is 0 Å². The van der Waals surface area contributed by atoms with E-state index < -0.39 is 11.7 Å². The van der Waals surface area contributed by atoms with Crippen LogP contribution in [0.15, 0.2) is 22.7 Å². The van der Waals surface area contributed by atoms with Gasteiger partial charge < -0.3 is 5.32 Å². The lowest BCUT2D eigenvalue weighted by atomic mass is 9.96. The summed E-state index contributed by atoms with van der Waals surface area (Å²) in [5.74, 6) is -0.321. The summed E-state index contributed by atoms with van der Waals surface area (Å²) in [5.41, 5.74) is -0.159. The molecule has 1 amide bonds. The Balaban J connectivity index is 2.36. The third-order valence-corrected chi connectivity index (χ3v) is 3.46. The normalized spacial score (nSPS) is 20.5. The minimum Gasteiger partial charge on any atom is -0.355 e. The van der Waals surface area contributed by atoms with Gasteiger partial charge in [0.2, 0.25) is 5.91 Å². The molecule has 1 unspecified atom stereocenters. The highest BCUT2D eigenvalue weighted by molar-refractivity contribution is 9.10. The quantitative estimate of drug-likeness (QED) is 0.849. The molecule has 6 heteroatoms. The monoisotopic (exact) mass is 307 g/mol. The van der Waals surface area contributed by atoms with Gasteiger partial charge >= 0.3 is 6.18 Å². The van der Waals surface area contributed by atoms with Crippen molar-refractivity contribution in [2.24, 2.45) is 0 Å². The molecule has 1 aromatic carbocycles. The van der Waals surface area contributed by atoms with Crippen LogP contribution in [0.5, 0.6) is 0 Å². The Morgan fingerprint density at radius 2 is 2.06 bits per heavy atom. The second kappa shape index (κ2) is 4.33. The highest BCUT2D eigenvalue weighted by Crippen LogP contribution is 2.36. The molecule has 0 bridgehead atoms. The van der Waals surface area contributed by atoms with Gasteiger partial charge in [0.25, 0.3) is 0 Å². The Morgan fingerprint density at radius 3 is 2.59 bits per heavy atom. The zero-order chi connectivity index (χ0) is 12.6. The Labute approximate surface area is 104 Å². The van der Waals surface area contributed by atoms with Crippen LogP contribution in [0.3, 0.4) is 0 Å². The molecule has 0 aliphatic carbocycles. The first-order chi connectivity index (χ1) is 7.88. The van der Waals surface area contributed by atoms with Gasteiger partial charge in [0, 0.05) is 23.4 Å². The molecule has 17 heavy (non-hydrogen) atoms. The van der Waals surface area contributed by atoms with Crippen LogP contribution in [0, 0.1) is 0 Å². The number of hydrogen-bond acceptors (Lipinski definition) is 1. The predicted molar refractivity (Wildman–Crippen MR) is 59.5 cm³/mol. The lowest BCUT2D eigenvalue weighted by Gasteiger charge is -2.14. The van der Waals surface area contributed by atoms with Crippen molar-refractivity contribution in [3.63, 3.8) is 0 Å². The van der Waals surface area contributed by atoms with Crippen LogP contribution in [0.2, 0.25) is 0 Å². The third kappa shape index (κ3) is 2.62. The second-order valence-corrected chi connectivity index (χ2v) is 4.79. The Morgan fingerprint density at radius 1 is 1.35 bits per heavy atom. The van der Waals surface area contributed by atoms with Crippen LogP contribution >= 0.6 is 15.9 Å². The van der Waals surface area contributed by atoms with E-state index in [1.807, 2.05) is 0 Å². The fraction of sp³-hybridized carbons (Fsp3) is 0.364. The molecule has 1 N–H and O–H groups in total. The zero-order valence-corrected chi connectivity index (χ0v) is 10.2. The van der Waals surface area contributed by atoms with Crippen LogP contribution in [-0.4, -0.2) is 12.5 Å². The Kier molecular flexibility index (Phi) is 3.16. The van der Waals surface area contributed by atoms with Gasteiger partial charge in [-0.1, -0.05) is 15.9 Å². The molecule has 92 valence electrons. The number of nitrogens with one attached hydrogen (secondary N) is 1. The minimum absolute atomic E-state index is 0.126. The topological polar surface area (TPSA) is 29.1 Å². The van der Waals surface area contributed by atoms with Crippen molar-refractivity contribution in [2.45, 2.75) is 18.5 Å². The lowest BCUT2D eigenvalue weighted by Crippen LogP contribution is -2.14. The first-order valence-electron chi connectivity index (χ1n) is 5.01. The Bertz CT molecular complexity index is 459. The smallest absolute Gasteiger partial charge is 0.355 e. The summed E-state index contributed by atoms with van der Waals surface area (Å²) in [4.78, 5) is 11.1. The van der Waals surface area contributed by atoms with Gasteiger partial charge in [-0.2, -0.15) is 13.2 Å². The van der Waals surface area contributed by atoms with Crippen LogP contribution < -0.4 is 5.32 Å². The average molecular weight is 308 g/mol. The summed E-state index contributed by atoms with van der Waals surface area (Å²) in [6.07, 6.45) is -4.12. The van der Waals surface area contributed by atoms with Crippen molar-refractivity contribution in [3.05, 3.63) is 33.8 Å². The average Bonchev–Trinajstić information content (AvgIpc) is 2.63. The number of carbonyl (C=O) groups excluding carboxylic acids is 1. The van der Waals surface area contributed by atoms with Gasteiger partial charge in [-0.3, -0.25) is 4.79 Å². The van der Waals surface area contributed by atoms with Crippen molar-refractivity contribution in [1.29, 1.82) is 0 Å². The number of amides is 1. The Hall–Kier alpha value is -1.04. The molecular formula is C11H9BrF3NO. The summed E-state index contributed by atoms with van der Waals surface area (Å²) in [7, 11) is 0. The predicted octanol–water partition coefficient (Wildman–Crippen LogP) is 3.07. The van der Waals surface area contributed by atoms with Crippen molar-refractivity contribution in [3.8, 4) is 0 Å². The van der Waals surface area contributed by atoms with E-state index in [2.05, 4.69) is 21.2 Å². The number of halogens is 4. The van der Waals surface area contributed by atoms with E-state index in [0.29, 0.717) is 16.6 Å². The molecule has 2 nitrogen and oxygen atoms in total. The second-order valence-electron chi connectivity index (χ2n) is 3.94. The van der Waals surface area contributed by atoms with Crippen LogP contribution in [0.25, 0.3) is 0 Å². The number of carbonyl (C=O) groups is 1. The molecule has 1 heterocycles. The van der Waals surface area contributed by atoms with Crippen molar-refractivity contribution >= 4 is 21.8 Å². The molecule has 0 radical (unpaired) electrons. The fourth-order valence-electron chi connectivity index (χ4n) is 1.86. The largest absolute Gasteiger partial charge is 0.416 e. The van der Waals surface area contributed by atoms with Gasteiger partial charge in [-0.05, 0) is 23.8 Å². The number of alkyl halides is 3. The summed E-state index contributed by atoms with van der Waals surface area (Å²) < 4.78 is 38.3. The SMILES string of the molecule is O=C1CC(c2cc(C(F)(F)F)ccc2Br)CN1. The number of hydrogen-bond donors (Lipinski definition) is 1. The molecule has 1 fully saturated rings. The molecule has 0 aromatic heterocycles. The molecule has 1 aromatic rings. The zero-order valence-electron chi connectivity index (χ0n) is 8.64. The van der Waals surface area contributed by atoms with Gasteiger partial charge in [0.1, 0.15) is 0 Å². The van der Waals surface area contributed by atoms with Crippen molar-refractivity contribution in [1.82, 2.24) is 5.32 Å². The van der Waals surface area contributed by atoms with E-state index in [-0.39, 0.29) is 18.2 Å². The summed E-state index contributed by atoms with van der Waals surface area (Å²) in [6.45, 7) is 0.388. The maximum Gasteiger partial charge on any atom is 0.416 e. The third-order valence-electron chi connectivity index (χ3n) is 2.74. The molecule has 1 saturated heterocycles. The lowest BCUT2D eigenvalue weighted by molar-refractivity contribution is -0.137. The van der Waals surface area contributed by atoms with E-state index in [4.69, 9.17) is 0 Å². The maximum atomic E-state index is 12.6. The molecule has 1 atom stereocenters. The highest BCUT2D eigenvalue weighted by atomic mass is 79.9. The summed E-state index contributed by atoms with van der Waals surface area (Å²) >= 11 is 3.22. The van der Waals surface area contributed by atoms with E-state index in [9.17, 15) is 18.0 Å². The summed E-state index contributed by atoms with van der Waals surface area (Å²) in [6, 6.07) is 3.51. The maximum absolute atomic E-state index is 12.6. The van der Waals surface area contributed by atoms with E-state index in [0.717, 1.165) is 12.1 Å². The van der Waals surface area contributed by atoms with E-state index in [1.54, 1.807) is 0 Å². The molecule has 0 spiro atoms. The van der Waals surface area contributed by atoms with Crippen LogP contribution in [0.1, 0.15) is 23.5 Å². The van der Waals surface area contributed by atoms with Crippen molar-refractivity contribution < 1.29 is 18.0 Å². The van der Waals surface area contributed by atoms with Crippen LogP contribution in [0.4, 0.5) is 13.2 Å². The highest BCUT2D eigenvalue weighted by Gasteiger charge is 2.32. The summed E-state index contributed by atoms with van der Waals surface area (Å²) in [5, 5.41) is 2.61. The first kappa shape index (κ1) is 12.4. The fourth-order valence-corrected chi connectivity index (χ4v) is 2.43. The molecule has 0 saturated carbocycles. The number of benzene rings is 1. The molecular weight excluding hydrogens is 299 g/mol. The van der Waals surface area contributed by atoms with E-state index >= 15 is 0 Å². The van der Waals surface area contributed by atoms with Crippen LogP contribution in [-0.2, 0) is 11.0 Å². The standard InChI is InChI=1S/C11H9BrF3NO/c12-9-2-1-7(11(13,14)15)4-8(9)6-3-10(17)16-5-6/h1-2,4,6H,3,5H2,(H,16,17). The number of rotatable bonds is 1. The molecule has 1 aliphatic rings. The van der Waals surface area contributed by atoms with Crippen molar-refractivity contribution in [2.75, 3.05) is 6.54 Å². The van der Waals surface area contributed by atoms with Gasteiger partial charge in [-0.15, -0.1) is 0 Å². The van der Waals surface area contributed by atoms with Gasteiger partial charge in [0.05, 0.1) is 5.56 Å². The van der Waals surface area contributed by atoms with Gasteiger partial charge in [0.15, 0.2) is 0 Å².